The maximum Gasteiger partial charge on any atom is 0.330 e. The van der Waals surface area contributed by atoms with Crippen molar-refractivity contribution in [3.8, 4) is 0 Å². The predicted molar refractivity (Wildman–Crippen MR) is 50.6 cm³/mol. The first-order valence-electron chi connectivity index (χ1n) is 4.35. The summed E-state index contributed by atoms with van der Waals surface area (Å²) >= 11 is 0. The van der Waals surface area contributed by atoms with E-state index >= 15 is 0 Å². The van der Waals surface area contributed by atoms with E-state index in [0.29, 0.717) is 6.16 Å². The van der Waals surface area contributed by atoms with Crippen LogP contribution in [-0.4, -0.2) is 18.4 Å². The zero-order chi connectivity index (χ0) is 9.78. The molecular weight excluding hydrogens is 175 g/mol. The minimum absolute atomic E-state index is 0.0467. The SMILES string of the molecule is CCP(=O)(OC(C)C)OC(C)C. The van der Waals surface area contributed by atoms with E-state index < -0.39 is 7.60 Å². The van der Waals surface area contributed by atoms with Gasteiger partial charge in [-0.05, 0) is 27.7 Å². The molecule has 0 heterocycles. The molecule has 0 unspecified atom stereocenters. The summed E-state index contributed by atoms with van der Waals surface area (Å²) in [6.45, 7) is 9.22. The van der Waals surface area contributed by atoms with E-state index in [1.807, 2.05) is 34.6 Å². The standard InChI is InChI=1S/C8H19O3P/c1-6-12(9,10-7(2)3)11-8(4)5/h7-8H,6H2,1-5H3. The Morgan fingerprint density at radius 1 is 1.08 bits per heavy atom. The molecule has 0 rings (SSSR count). The highest BCUT2D eigenvalue weighted by Crippen LogP contribution is 2.49. The van der Waals surface area contributed by atoms with Gasteiger partial charge in [-0.2, -0.15) is 0 Å². The Hall–Kier alpha value is 0.150. The second-order valence-electron chi connectivity index (χ2n) is 3.24. The van der Waals surface area contributed by atoms with E-state index in [1.54, 1.807) is 0 Å². The van der Waals surface area contributed by atoms with E-state index in [0.717, 1.165) is 0 Å². The molecule has 0 atom stereocenters. The molecule has 0 aliphatic heterocycles. The van der Waals surface area contributed by atoms with E-state index in [1.165, 1.54) is 0 Å². The van der Waals surface area contributed by atoms with Gasteiger partial charge in [0.15, 0.2) is 0 Å². The van der Waals surface area contributed by atoms with Gasteiger partial charge < -0.3 is 9.05 Å². The summed E-state index contributed by atoms with van der Waals surface area (Å²) in [4.78, 5) is 0. The van der Waals surface area contributed by atoms with Crippen LogP contribution in [0.3, 0.4) is 0 Å². The fraction of sp³-hybridized carbons (Fsp3) is 1.00. The molecule has 0 bridgehead atoms. The molecule has 0 aliphatic carbocycles. The van der Waals surface area contributed by atoms with Gasteiger partial charge in [-0.25, -0.2) is 0 Å². The highest BCUT2D eigenvalue weighted by atomic mass is 31.2. The summed E-state index contributed by atoms with van der Waals surface area (Å²) in [5.74, 6) is 0. The summed E-state index contributed by atoms with van der Waals surface area (Å²) < 4.78 is 22.2. The van der Waals surface area contributed by atoms with Gasteiger partial charge in [0.2, 0.25) is 0 Å². The van der Waals surface area contributed by atoms with Crippen LogP contribution in [0.15, 0.2) is 0 Å². The zero-order valence-corrected chi connectivity index (χ0v) is 9.43. The van der Waals surface area contributed by atoms with E-state index in [-0.39, 0.29) is 12.2 Å². The van der Waals surface area contributed by atoms with Crippen LogP contribution in [0.25, 0.3) is 0 Å². The highest BCUT2D eigenvalue weighted by Gasteiger charge is 2.24. The van der Waals surface area contributed by atoms with Gasteiger partial charge in [-0.1, -0.05) is 6.92 Å². The molecule has 0 saturated heterocycles. The topological polar surface area (TPSA) is 35.5 Å². The molecule has 0 aromatic rings. The largest absolute Gasteiger partial charge is 0.330 e. The van der Waals surface area contributed by atoms with E-state index in [2.05, 4.69) is 0 Å². The molecule has 0 radical (unpaired) electrons. The Bertz CT molecular complexity index is 152. The molecule has 0 aromatic carbocycles. The molecule has 74 valence electrons. The Labute approximate surface area is 75.0 Å². The van der Waals surface area contributed by atoms with Crippen LogP contribution in [0.2, 0.25) is 0 Å². The van der Waals surface area contributed by atoms with Gasteiger partial charge in [0.05, 0.1) is 12.2 Å². The fourth-order valence-corrected chi connectivity index (χ4v) is 2.45. The molecule has 0 saturated carbocycles. The van der Waals surface area contributed by atoms with Crippen LogP contribution in [-0.2, 0) is 13.6 Å². The number of hydrogen-bond acceptors (Lipinski definition) is 3. The second-order valence-corrected chi connectivity index (χ2v) is 5.51. The van der Waals surface area contributed by atoms with Crippen LogP contribution in [0.1, 0.15) is 34.6 Å². The third-order valence-corrected chi connectivity index (χ3v) is 3.39. The Balaban J connectivity index is 4.15. The van der Waals surface area contributed by atoms with Crippen molar-refractivity contribution in [3.63, 3.8) is 0 Å². The highest BCUT2D eigenvalue weighted by molar-refractivity contribution is 7.53. The van der Waals surface area contributed by atoms with Crippen molar-refractivity contribution in [2.24, 2.45) is 0 Å². The summed E-state index contributed by atoms with van der Waals surface area (Å²) in [5.41, 5.74) is 0. The minimum atomic E-state index is -2.81. The Kier molecular flexibility index (Phi) is 5.07. The van der Waals surface area contributed by atoms with Crippen molar-refractivity contribution < 1.29 is 13.6 Å². The van der Waals surface area contributed by atoms with Gasteiger partial charge in [-0.15, -0.1) is 0 Å². The van der Waals surface area contributed by atoms with Gasteiger partial charge in [0, 0.05) is 6.16 Å². The number of hydrogen-bond donors (Lipinski definition) is 0. The smallest absolute Gasteiger partial charge is 0.306 e. The van der Waals surface area contributed by atoms with E-state index in [9.17, 15) is 4.57 Å². The zero-order valence-electron chi connectivity index (χ0n) is 8.53. The first-order chi connectivity index (χ1) is 5.39. The molecule has 0 amide bonds. The van der Waals surface area contributed by atoms with Crippen LogP contribution in [0.4, 0.5) is 0 Å². The molecule has 0 fully saturated rings. The average molecular weight is 194 g/mol. The third-order valence-electron chi connectivity index (χ3n) is 1.13. The lowest BCUT2D eigenvalue weighted by molar-refractivity contribution is 0.143. The van der Waals surface area contributed by atoms with Crippen molar-refractivity contribution in [2.45, 2.75) is 46.8 Å². The van der Waals surface area contributed by atoms with Crippen LogP contribution in [0.5, 0.6) is 0 Å². The number of rotatable bonds is 5. The van der Waals surface area contributed by atoms with Gasteiger partial charge in [0.25, 0.3) is 0 Å². The molecule has 3 nitrogen and oxygen atoms in total. The first-order valence-corrected chi connectivity index (χ1v) is 6.08. The van der Waals surface area contributed by atoms with Gasteiger partial charge in [0.1, 0.15) is 0 Å². The summed E-state index contributed by atoms with van der Waals surface area (Å²) in [6.07, 6.45) is 0.340. The van der Waals surface area contributed by atoms with Crippen LogP contribution in [0, 0.1) is 0 Å². The summed E-state index contributed by atoms with van der Waals surface area (Å²) in [5, 5.41) is 0. The molecular formula is C8H19O3P. The predicted octanol–water partition coefficient (Wildman–Crippen LogP) is 3.05. The second kappa shape index (κ2) is 5.00. The fourth-order valence-electron chi connectivity index (χ4n) is 0.816. The van der Waals surface area contributed by atoms with Crippen molar-refractivity contribution in [3.05, 3.63) is 0 Å². The van der Waals surface area contributed by atoms with Crippen molar-refractivity contribution in [2.75, 3.05) is 6.16 Å². The maximum absolute atomic E-state index is 11.8. The lowest BCUT2D eigenvalue weighted by Gasteiger charge is -2.21. The molecule has 0 N–H and O–H groups in total. The van der Waals surface area contributed by atoms with Crippen molar-refractivity contribution in [1.29, 1.82) is 0 Å². The van der Waals surface area contributed by atoms with Crippen molar-refractivity contribution in [1.82, 2.24) is 0 Å². The molecule has 0 aliphatic rings. The normalized spacial score (nSPS) is 12.9. The molecule has 0 spiro atoms. The van der Waals surface area contributed by atoms with Crippen LogP contribution >= 0.6 is 7.60 Å². The molecule has 0 aromatic heterocycles. The summed E-state index contributed by atoms with van der Waals surface area (Å²) in [7, 11) is -2.81. The maximum atomic E-state index is 11.8. The monoisotopic (exact) mass is 194 g/mol. The Morgan fingerprint density at radius 3 is 1.58 bits per heavy atom. The van der Waals surface area contributed by atoms with Gasteiger partial charge in [-0.3, -0.25) is 4.57 Å². The van der Waals surface area contributed by atoms with Gasteiger partial charge >= 0.3 is 7.60 Å². The molecule has 4 heteroatoms. The summed E-state index contributed by atoms with van der Waals surface area (Å²) in [6, 6.07) is 0. The average Bonchev–Trinajstić information content (AvgIpc) is 1.83. The lowest BCUT2D eigenvalue weighted by Crippen LogP contribution is -2.08. The van der Waals surface area contributed by atoms with Crippen LogP contribution < -0.4 is 0 Å². The third kappa shape index (κ3) is 4.91. The molecule has 12 heavy (non-hydrogen) atoms. The minimum Gasteiger partial charge on any atom is -0.306 e. The van der Waals surface area contributed by atoms with Crippen molar-refractivity contribution >= 4 is 7.60 Å². The Morgan fingerprint density at radius 2 is 1.42 bits per heavy atom. The lowest BCUT2D eigenvalue weighted by atomic mass is 10.5. The quantitative estimate of drug-likeness (QED) is 0.631. The first kappa shape index (κ1) is 12.2. The van der Waals surface area contributed by atoms with E-state index in [4.69, 9.17) is 9.05 Å².